The van der Waals surface area contributed by atoms with E-state index in [2.05, 4.69) is 32.3 Å². The van der Waals surface area contributed by atoms with Gasteiger partial charge in [0.05, 0.1) is 0 Å². The number of alkyl halides is 3. The zero-order valence-electron chi connectivity index (χ0n) is 13.6. The van der Waals surface area contributed by atoms with Crippen molar-refractivity contribution in [1.29, 1.82) is 0 Å². The molecule has 0 unspecified atom stereocenters. The number of halogens is 3. The molecule has 8 heteroatoms. The van der Waals surface area contributed by atoms with E-state index in [0.29, 0.717) is 12.6 Å². The molecule has 0 aliphatic carbocycles. The lowest BCUT2D eigenvalue weighted by Gasteiger charge is -2.28. The number of rotatable bonds is 5. The van der Waals surface area contributed by atoms with Gasteiger partial charge in [-0.3, -0.25) is 14.7 Å². The smallest absolute Gasteiger partial charge is 0.356 e. The molecule has 0 saturated heterocycles. The molecule has 0 amide bonds. The standard InChI is InChI=1S/C17H19F3N4O/c18-17(19,20)14-10-15(25)23-16(22-14)21-7-3-8-24-9-6-12-4-1-2-5-13(12)11-24/h1-2,4-5,10H,3,6-9,11H2,(H2,21,22,23,25). The van der Waals surface area contributed by atoms with Crippen molar-refractivity contribution >= 4 is 5.95 Å². The van der Waals surface area contributed by atoms with Gasteiger partial charge in [0.15, 0.2) is 5.69 Å². The number of hydrogen-bond acceptors (Lipinski definition) is 4. The molecule has 1 aliphatic rings. The van der Waals surface area contributed by atoms with Crippen molar-refractivity contribution in [2.24, 2.45) is 0 Å². The highest BCUT2D eigenvalue weighted by atomic mass is 19.4. The Bertz CT molecular complexity index is 788. The summed E-state index contributed by atoms with van der Waals surface area (Å²) in [5.41, 5.74) is 0.692. The molecule has 2 aromatic rings. The number of H-pyrrole nitrogens is 1. The van der Waals surface area contributed by atoms with E-state index in [1.807, 2.05) is 12.1 Å². The second kappa shape index (κ2) is 7.26. The van der Waals surface area contributed by atoms with Gasteiger partial charge in [0, 0.05) is 32.2 Å². The van der Waals surface area contributed by atoms with Gasteiger partial charge in [0.2, 0.25) is 5.95 Å². The zero-order chi connectivity index (χ0) is 17.9. The van der Waals surface area contributed by atoms with Gasteiger partial charge in [-0.15, -0.1) is 0 Å². The molecule has 5 nitrogen and oxygen atoms in total. The molecule has 0 saturated carbocycles. The number of anilines is 1. The molecule has 0 bridgehead atoms. The predicted molar refractivity (Wildman–Crippen MR) is 88.4 cm³/mol. The second-order valence-electron chi connectivity index (χ2n) is 6.05. The van der Waals surface area contributed by atoms with E-state index in [9.17, 15) is 18.0 Å². The summed E-state index contributed by atoms with van der Waals surface area (Å²) >= 11 is 0. The van der Waals surface area contributed by atoms with Crippen molar-refractivity contribution in [1.82, 2.24) is 14.9 Å². The summed E-state index contributed by atoms with van der Waals surface area (Å²) in [6.07, 6.45) is -2.89. The Morgan fingerprint density at radius 2 is 2.00 bits per heavy atom. The quantitative estimate of drug-likeness (QED) is 0.812. The number of nitrogens with one attached hydrogen (secondary N) is 2. The first-order chi connectivity index (χ1) is 11.9. The minimum absolute atomic E-state index is 0.149. The largest absolute Gasteiger partial charge is 0.433 e. The van der Waals surface area contributed by atoms with Crippen LogP contribution in [0.25, 0.3) is 0 Å². The zero-order valence-corrected chi connectivity index (χ0v) is 13.6. The third kappa shape index (κ3) is 4.60. The van der Waals surface area contributed by atoms with Crippen LogP contribution in [0.5, 0.6) is 0 Å². The van der Waals surface area contributed by atoms with Gasteiger partial charge in [-0.1, -0.05) is 24.3 Å². The van der Waals surface area contributed by atoms with Crippen LogP contribution >= 0.6 is 0 Å². The minimum atomic E-state index is -4.63. The van der Waals surface area contributed by atoms with E-state index >= 15 is 0 Å². The van der Waals surface area contributed by atoms with Crippen LogP contribution in [0.15, 0.2) is 35.1 Å². The van der Waals surface area contributed by atoms with Gasteiger partial charge >= 0.3 is 6.18 Å². The lowest BCUT2D eigenvalue weighted by Crippen LogP contribution is -2.32. The van der Waals surface area contributed by atoms with Gasteiger partial charge in [-0.05, 0) is 24.0 Å². The summed E-state index contributed by atoms with van der Waals surface area (Å²) in [5.74, 6) is -0.149. The molecule has 1 aliphatic heterocycles. The van der Waals surface area contributed by atoms with Crippen LogP contribution in [0.1, 0.15) is 23.2 Å². The van der Waals surface area contributed by atoms with Crippen LogP contribution in [0.2, 0.25) is 0 Å². The van der Waals surface area contributed by atoms with Crippen molar-refractivity contribution in [3.8, 4) is 0 Å². The molecule has 0 spiro atoms. The Morgan fingerprint density at radius 1 is 1.24 bits per heavy atom. The van der Waals surface area contributed by atoms with Gasteiger partial charge in [0.25, 0.3) is 5.56 Å². The van der Waals surface area contributed by atoms with Crippen molar-refractivity contribution in [3.05, 3.63) is 57.5 Å². The summed E-state index contributed by atoms with van der Waals surface area (Å²) in [7, 11) is 0. The van der Waals surface area contributed by atoms with E-state index in [4.69, 9.17) is 0 Å². The predicted octanol–water partition coefficient (Wildman–Crippen LogP) is 2.65. The van der Waals surface area contributed by atoms with Crippen molar-refractivity contribution < 1.29 is 13.2 Å². The fraction of sp³-hybridized carbons (Fsp3) is 0.412. The summed E-state index contributed by atoms with van der Waals surface area (Å²) in [4.78, 5) is 19.3. The van der Waals surface area contributed by atoms with Crippen molar-refractivity contribution in [2.75, 3.05) is 25.0 Å². The number of nitrogens with zero attached hydrogens (tertiary/aromatic N) is 2. The molecule has 25 heavy (non-hydrogen) atoms. The molecule has 2 heterocycles. The molecule has 2 N–H and O–H groups in total. The fourth-order valence-corrected chi connectivity index (χ4v) is 2.94. The van der Waals surface area contributed by atoms with Gasteiger partial charge in [-0.2, -0.15) is 13.2 Å². The average Bonchev–Trinajstić information content (AvgIpc) is 2.57. The van der Waals surface area contributed by atoms with E-state index in [1.165, 1.54) is 11.1 Å². The van der Waals surface area contributed by atoms with Gasteiger partial charge in [0.1, 0.15) is 0 Å². The molecule has 3 rings (SSSR count). The highest BCUT2D eigenvalue weighted by Crippen LogP contribution is 2.26. The SMILES string of the molecule is O=c1cc(C(F)(F)F)nc(NCCCN2CCc3ccccc3C2)[nH]1. The van der Waals surface area contributed by atoms with Crippen LogP contribution in [-0.2, 0) is 19.1 Å². The third-order valence-electron chi connectivity index (χ3n) is 4.19. The molecule has 0 atom stereocenters. The molecule has 0 fully saturated rings. The fourth-order valence-electron chi connectivity index (χ4n) is 2.94. The first-order valence-corrected chi connectivity index (χ1v) is 8.13. The number of aromatic nitrogens is 2. The van der Waals surface area contributed by atoms with E-state index in [0.717, 1.165) is 32.5 Å². The summed E-state index contributed by atoms with van der Waals surface area (Å²) in [6.45, 7) is 3.11. The maximum Gasteiger partial charge on any atom is 0.433 e. The Kier molecular flexibility index (Phi) is 5.08. The summed E-state index contributed by atoms with van der Waals surface area (Å²) in [6, 6.07) is 8.79. The van der Waals surface area contributed by atoms with E-state index in [1.54, 1.807) is 0 Å². The molecule has 1 aromatic carbocycles. The van der Waals surface area contributed by atoms with Crippen molar-refractivity contribution in [3.63, 3.8) is 0 Å². The highest BCUT2D eigenvalue weighted by molar-refractivity contribution is 5.29. The molecule has 1 aromatic heterocycles. The molecular formula is C17H19F3N4O. The maximum absolute atomic E-state index is 12.7. The lowest BCUT2D eigenvalue weighted by atomic mass is 10.00. The Morgan fingerprint density at radius 3 is 2.76 bits per heavy atom. The summed E-state index contributed by atoms with van der Waals surface area (Å²) in [5, 5.41) is 2.76. The lowest BCUT2D eigenvalue weighted by molar-refractivity contribution is -0.141. The molecular weight excluding hydrogens is 333 g/mol. The van der Waals surface area contributed by atoms with Gasteiger partial charge in [-0.25, -0.2) is 4.98 Å². The molecule has 0 radical (unpaired) electrons. The van der Waals surface area contributed by atoms with Crippen LogP contribution in [0.3, 0.4) is 0 Å². The first-order valence-electron chi connectivity index (χ1n) is 8.13. The number of benzene rings is 1. The van der Waals surface area contributed by atoms with Gasteiger partial charge < -0.3 is 5.32 Å². The maximum atomic E-state index is 12.7. The number of aromatic amines is 1. The molecule has 134 valence electrons. The van der Waals surface area contributed by atoms with Crippen LogP contribution in [0, 0.1) is 0 Å². The summed E-state index contributed by atoms with van der Waals surface area (Å²) < 4.78 is 38.0. The second-order valence-corrected chi connectivity index (χ2v) is 6.05. The Hall–Kier alpha value is -2.35. The van der Waals surface area contributed by atoms with Crippen molar-refractivity contribution in [2.45, 2.75) is 25.6 Å². The van der Waals surface area contributed by atoms with E-state index in [-0.39, 0.29) is 5.95 Å². The number of hydrogen-bond donors (Lipinski definition) is 2. The third-order valence-corrected chi connectivity index (χ3v) is 4.19. The minimum Gasteiger partial charge on any atom is -0.356 e. The van der Waals surface area contributed by atoms with Crippen LogP contribution < -0.4 is 10.9 Å². The normalized spacial score (nSPS) is 15.0. The van der Waals surface area contributed by atoms with Crippen LogP contribution in [0.4, 0.5) is 19.1 Å². The Balaban J connectivity index is 1.50. The van der Waals surface area contributed by atoms with Crippen LogP contribution in [-0.4, -0.2) is 34.5 Å². The average molecular weight is 352 g/mol. The van der Waals surface area contributed by atoms with E-state index < -0.39 is 17.4 Å². The topological polar surface area (TPSA) is 61.0 Å². The first kappa shape index (κ1) is 17.5. The highest BCUT2D eigenvalue weighted by Gasteiger charge is 2.33. The monoisotopic (exact) mass is 352 g/mol. The number of fused-ring (bicyclic) bond motifs is 1. The Labute approximate surface area is 142 Å².